The van der Waals surface area contributed by atoms with E-state index in [1.54, 1.807) is 35.3 Å². The van der Waals surface area contributed by atoms with Crippen molar-refractivity contribution >= 4 is 11.6 Å². The third-order valence-corrected chi connectivity index (χ3v) is 3.89. The molecule has 0 aliphatic rings. The maximum atomic E-state index is 12.5. The molecule has 0 radical (unpaired) electrons. The van der Waals surface area contributed by atoms with Gasteiger partial charge in [0, 0.05) is 17.5 Å². The molecule has 9 heteroatoms. The highest BCUT2D eigenvalue weighted by Crippen LogP contribution is 2.14. The van der Waals surface area contributed by atoms with Crippen LogP contribution in [0.15, 0.2) is 55.4 Å². The molecule has 134 valence electrons. The zero-order valence-electron chi connectivity index (χ0n) is 14.7. The molecule has 0 saturated heterocycles. The fourth-order valence-corrected chi connectivity index (χ4v) is 2.66. The van der Waals surface area contributed by atoms with Gasteiger partial charge in [-0.1, -0.05) is 0 Å². The van der Waals surface area contributed by atoms with Crippen molar-refractivity contribution in [3.63, 3.8) is 0 Å². The molecule has 9 nitrogen and oxygen atoms in total. The molecule has 0 atom stereocenters. The maximum Gasteiger partial charge on any atom is 0.255 e. The molecule has 4 heterocycles. The number of carbonyl (C=O) groups is 1. The lowest BCUT2D eigenvalue weighted by Gasteiger charge is -2.08. The first-order valence-corrected chi connectivity index (χ1v) is 8.22. The number of anilines is 1. The first-order valence-electron chi connectivity index (χ1n) is 8.22. The molecular weight excluding hydrogens is 344 g/mol. The summed E-state index contributed by atoms with van der Waals surface area (Å²) in [5, 5.41) is 11.2. The van der Waals surface area contributed by atoms with Gasteiger partial charge in [0.2, 0.25) is 0 Å². The number of pyridine rings is 2. The number of aromatic nitrogens is 7. The van der Waals surface area contributed by atoms with Gasteiger partial charge in [0.05, 0.1) is 17.6 Å². The number of hydrogen-bond acceptors (Lipinski definition) is 6. The van der Waals surface area contributed by atoms with Crippen LogP contribution in [0.4, 0.5) is 5.69 Å². The molecule has 1 amide bonds. The molecule has 4 aromatic heterocycles. The van der Waals surface area contributed by atoms with Gasteiger partial charge < -0.3 is 5.32 Å². The van der Waals surface area contributed by atoms with Gasteiger partial charge in [0.25, 0.3) is 5.91 Å². The average Bonchev–Trinajstić information content (AvgIpc) is 3.32. The van der Waals surface area contributed by atoms with Crippen LogP contribution in [0.25, 0.3) is 11.6 Å². The van der Waals surface area contributed by atoms with Crippen molar-refractivity contribution < 1.29 is 4.79 Å². The molecule has 27 heavy (non-hydrogen) atoms. The molecule has 0 aromatic carbocycles. The fraction of sp³-hybridized carbons (Fsp3) is 0.111. The van der Waals surface area contributed by atoms with Gasteiger partial charge >= 0.3 is 0 Å². The van der Waals surface area contributed by atoms with Crippen molar-refractivity contribution in [3.05, 3.63) is 72.3 Å². The minimum Gasteiger partial charge on any atom is -0.321 e. The first kappa shape index (κ1) is 16.6. The summed E-state index contributed by atoms with van der Waals surface area (Å²) in [5.74, 6) is 0.938. The van der Waals surface area contributed by atoms with Gasteiger partial charge in [-0.2, -0.15) is 10.2 Å². The molecule has 1 N–H and O–H groups in total. The van der Waals surface area contributed by atoms with Gasteiger partial charge in [-0.05, 0) is 44.2 Å². The highest BCUT2D eigenvalue weighted by atomic mass is 16.1. The number of rotatable bonds is 4. The average molecular weight is 360 g/mol. The van der Waals surface area contributed by atoms with Crippen LogP contribution in [0.5, 0.6) is 0 Å². The zero-order chi connectivity index (χ0) is 18.8. The smallest absolute Gasteiger partial charge is 0.255 e. The van der Waals surface area contributed by atoms with Crippen LogP contribution in [-0.2, 0) is 0 Å². The first-order chi connectivity index (χ1) is 13.1. The second-order valence-electron chi connectivity index (χ2n) is 5.94. The van der Waals surface area contributed by atoms with Crippen LogP contribution in [0.1, 0.15) is 21.7 Å². The van der Waals surface area contributed by atoms with E-state index in [1.165, 1.54) is 17.3 Å². The number of nitrogens with zero attached hydrogens (tertiary/aromatic N) is 7. The summed E-state index contributed by atoms with van der Waals surface area (Å²) >= 11 is 0. The van der Waals surface area contributed by atoms with Crippen molar-refractivity contribution in [2.75, 3.05) is 5.32 Å². The highest BCUT2D eigenvalue weighted by molar-refractivity contribution is 6.04. The molecule has 0 saturated carbocycles. The second kappa shape index (κ2) is 6.79. The Morgan fingerprint density at radius 3 is 2.63 bits per heavy atom. The summed E-state index contributed by atoms with van der Waals surface area (Å²) in [6, 6.07) is 8.85. The van der Waals surface area contributed by atoms with Gasteiger partial charge in [-0.3, -0.25) is 4.79 Å². The summed E-state index contributed by atoms with van der Waals surface area (Å²) in [6.07, 6.45) is 6.08. The van der Waals surface area contributed by atoms with E-state index in [9.17, 15) is 4.79 Å². The lowest BCUT2D eigenvalue weighted by atomic mass is 10.2. The van der Waals surface area contributed by atoms with E-state index >= 15 is 0 Å². The van der Waals surface area contributed by atoms with Gasteiger partial charge in [0.1, 0.15) is 12.7 Å². The maximum absolute atomic E-state index is 12.5. The highest BCUT2D eigenvalue weighted by Gasteiger charge is 2.10. The minimum atomic E-state index is -0.264. The SMILES string of the molecule is Cc1cc(C)n(-c2ccc(NC(=O)c3ccnc(-n4cncn4)c3)cn2)n1. The van der Waals surface area contributed by atoms with E-state index in [-0.39, 0.29) is 5.91 Å². The van der Waals surface area contributed by atoms with Crippen LogP contribution in [0.2, 0.25) is 0 Å². The summed E-state index contributed by atoms with van der Waals surface area (Å²) in [7, 11) is 0. The molecule has 0 fully saturated rings. The van der Waals surface area contributed by atoms with Crippen molar-refractivity contribution in [2.45, 2.75) is 13.8 Å². The third-order valence-electron chi connectivity index (χ3n) is 3.89. The molecule has 4 aromatic rings. The minimum absolute atomic E-state index is 0.264. The zero-order valence-corrected chi connectivity index (χ0v) is 14.7. The van der Waals surface area contributed by atoms with Crippen molar-refractivity contribution in [1.29, 1.82) is 0 Å². The Kier molecular flexibility index (Phi) is 4.17. The Bertz CT molecular complexity index is 1080. The number of nitrogens with one attached hydrogen (secondary N) is 1. The van der Waals surface area contributed by atoms with E-state index in [0.717, 1.165) is 11.4 Å². The van der Waals surface area contributed by atoms with Gasteiger partial charge in [-0.15, -0.1) is 0 Å². The van der Waals surface area contributed by atoms with Crippen molar-refractivity contribution in [1.82, 2.24) is 34.5 Å². The fourth-order valence-electron chi connectivity index (χ4n) is 2.66. The predicted octanol–water partition coefficient (Wildman–Crippen LogP) is 2.11. The molecule has 0 aliphatic heterocycles. The number of aryl methyl sites for hydroxylation is 2. The largest absolute Gasteiger partial charge is 0.321 e. The van der Waals surface area contributed by atoms with E-state index in [0.29, 0.717) is 22.9 Å². The lowest BCUT2D eigenvalue weighted by Crippen LogP contribution is -2.13. The molecule has 0 aliphatic carbocycles. The van der Waals surface area contributed by atoms with Gasteiger partial charge in [-0.25, -0.2) is 24.3 Å². The van der Waals surface area contributed by atoms with Gasteiger partial charge in [0.15, 0.2) is 11.6 Å². The van der Waals surface area contributed by atoms with E-state index in [1.807, 2.05) is 26.0 Å². The number of hydrogen-bond donors (Lipinski definition) is 1. The summed E-state index contributed by atoms with van der Waals surface area (Å²) < 4.78 is 3.25. The van der Waals surface area contributed by atoms with Crippen LogP contribution in [0.3, 0.4) is 0 Å². The Labute approximate surface area is 154 Å². The molecule has 0 bridgehead atoms. The topological polar surface area (TPSA) is 103 Å². The van der Waals surface area contributed by atoms with Crippen LogP contribution in [-0.4, -0.2) is 40.4 Å². The van der Waals surface area contributed by atoms with Crippen molar-refractivity contribution in [2.24, 2.45) is 0 Å². The molecular formula is C18H16N8O. The van der Waals surface area contributed by atoms with Crippen LogP contribution >= 0.6 is 0 Å². The quantitative estimate of drug-likeness (QED) is 0.598. The number of carbonyl (C=O) groups excluding carboxylic acids is 1. The summed E-state index contributed by atoms with van der Waals surface area (Å²) in [6.45, 7) is 3.90. The second-order valence-corrected chi connectivity index (χ2v) is 5.94. The van der Waals surface area contributed by atoms with E-state index in [4.69, 9.17) is 0 Å². The Morgan fingerprint density at radius 2 is 1.96 bits per heavy atom. The van der Waals surface area contributed by atoms with Crippen LogP contribution < -0.4 is 5.32 Å². The Balaban J connectivity index is 1.52. The normalized spacial score (nSPS) is 10.7. The lowest BCUT2D eigenvalue weighted by molar-refractivity contribution is 0.102. The summed E-state index contributed by atoms with van der Waals surface area (Å²) in [4.78, 5) is 25.0. The van der Waals surface area contributed by atoms with E-state index < -0.39 is 0 Å². The monoisotopic (exact) mass is 360 g/mol. The van der Waals surface area contributed by atoms with Crippen LogP contribution in [0, 0.1) is 13.8 Å². The Morgan fingerprint density at radius 1 is 1.07 bits per heavy atom. The Hall–Kier alpha value is -3.88. The molecule has 0 spiro atoms. The van der Waals surface area contributed by atoms with Crippen molar-refractivity contribution in [3.8, 4) is 11.6 Å². The standard InChI is InChI=1S/C18H16N8O/c1-12-7-13(2)26(24-12)16-4-3-15(9-21-16)23-18(27)14-5-6-20-17(8-14)25-11-19-10-22-25/h3-11H,1-2H3,(H,23,27). The number of amides is 1. The summed E-state index contributed by atoms with van der Waals surface area (Å²) in [5.41, 5.74) is 2.96. The molecule has 0 unspecified atom stereocenters. The van der Waals surface area contributed by atoms with E-state index in [2.05, 4.69) is 30.5 Å². The third kappa shape index (κ3) is 3.43. The predicted molar refractivity (Wildman–Crippen MR) is 97.9 cm³/mol. The molecule has 4 rings (SSSR count).